The predicted molar refractivity (Wildman–Crippen MR) is 119 cm³/mol. The van der Waals surface area contributed by atoms with Crippen molar-refractivity contribution in [3.05, 3.63) is 29.3 Å². The van der Waals surface area contributed by atoms with Crippen LogP contribution in [0.1, 0.15) is 23.8 Å². The standard InChI is InChI=1S/C21H30N6O3S/c28-12-14-11-27(8-9-30-14)21-25-18(23-13-4-3-7-22-10-13)17(19(29)26-21)20-24-15-5-1-2-6-16(15)31-20/h1-2,5-6,13-14,17-18,21-23,25,28H,3-4,7-12H2,(H,26,29)/t13-,14?,17?,18?,21?/m1/s1. The van der Waals surface area contributed by atoms with E-state index in [-0.39, 0.29) is 31.1 Å². The average Bonchev–Trinajstić information content (AvgIpc) is 3.23. The molecule has 2 aromatic rings. The van der Waals surface area contributed by atoms with Crippen LogP contribution in [0.25, 0.3) is 10.2 Å². The number of thiazole rings is 1. The molecule has 3 saturated heterocycles. The normalized spacial score (nSPS) is 32.8. The molecule has 168 valence electrons. The molecule has 4 heterocycles. The molecular weight excluding hydrogens is 416 g/mol. The zero-order chi connectivity index (χ0) is 21.2. The molecule has 0 spiro atoms. The van der Waals surface area contributed by atoms with Crippen LogP contribution in [-0.4, -0.2) is 84.9 Å². The highest BCUT2D eigenvalue weighted by Crippen LogP contribution is 2.31. The van der Waals surface area contributed by atoms with Gasteiger partial charge in [0.15, 0.2) is 0 Å². The Balaban J connectivity index is 1.40. The largest absolute Gasteiger partial charge is 0.394 e. The zero-order valence-corrected chi connectivity index (χ0v) is 18.2. The molecule has 3 aliphatic rings. The van der Waals surface area contributed by atoms with Crippen LogP contribution in [0.15, 0.2) is 24.3 Å². The number of rotatable bonds is 5. The first-order chi connectivity index (χ1) is 15.2. The highest BCUT2D eigenvalue weighted by atomic mass is 32.1. The fourth-order valence-electron chi connectivity index (χ4n) is 4.64. The van der Waals surface area contributed by atoms with Crippen LogP contribution in [-0.2, 0) is 9.53 Å². The molecule has 3 aliphatic heterocycles. The van der Waals surface area contributed by atoms with Crippen molar-refractivity contribution in [3.63, 3.8) is 0 Å². The Bertz CT molecular complexity index is 871. The number of morpholine rings is 1. The van der Waals surface area contributed by atoms with Gasteiger partial charge in [0, 0.05) is 25.7 Å². The van der Waals surface area contributed by atoms with Crippen molar-refractivity contribution in [2.75, 3.05) is 39.4 Å². The summed E-state index contributed by atoms with van der Waals surface area (Å²) in [5, 5.41) is 24.2. The van der Waals surface area contributed by atoms with Crippen LogP contribution < -0.4 is 21.3 Å². The van der Waals surface area contributed by atoms with E-state index in [0.717, 1.165) is 41.2 Å². The number of aliphatic hydroxyl groups is 1. The number of aliphatic hydroxyl groups excluding tert-OH is 1. The molecular formula is C21H30N6O3S. The Hall–Kier alpha value is -1.66. The number of amides is 1. The van der Waals surface area contributed by atoms with E-state index in [2.05, 4.69) is 26.2 Å². The molecule has 5 N–H and O–H groups in total. The lowest BCUT2D eigenvalue weighted by atomic mass is 10.00. The van der Waals surface area contributed by atoms with Gasteiger partial charge in [-0.05, 0) is 31.5 Å². The number of benzene rings is 1. The molecule has 1 aromatic carbocycles. The van der Waals surface area contributed by atoms with Crippen molar-refractivity contribution in [2.24, 2.45) is 0 Å². The third-order valence-electron chi connectivity index (χ3n) is 6.26. The van der Waals surface area contributed by atoms with Gasteiger partial charge in [-0.2, -0.15) is 0 Å². The monoisotopic (exact) mass is 446 g/mol. The number of para-hydroxylation sites is 1. The second-order valence-electron chi connectivity index (χ2n) is 8.43. The molecule has 5 rings (SSSR count). The van der Waals surface area contributed by atoms with Gasteiger partial charge in [-0.1, -0.05) is 12.1 Å². The van der Waals surface area contributed by atoms with Gasteiger partial charge in [0.05, 0.1) is 35.7 Å². The quantitative estimate of drug-likeness (QED) is 0.428. The van der Waals surface area contributed by atoms with Crippen molar-refractivity contribution in [3.8, 4) is 0 Å². The molecule has 1 aromatic heterocycles. The molecule has 0 radical (unpaired) electrons. The number of carbonyl (C=O) groups is 1. The Kier molecular flexibility index (Phi) is 6.46. The lowest BCUT2D eigenvalue weighted by molar-refractivity contribution is -0.133. The lowest BCUT2D eigenvalue weighted by Gasteiger charge is -2.45. The van der Waals surface area contributed by atoms with Gasteiger partial charge < -0.3 is 20.5 Å². The van der Waals surface area contributed by atoms with Crippen LogP contribution in [0.5, 0.6) is 0 Å². The van der Waals surface area contributed by atoms with Crippen molar-refractivity contribution in [2.45, 2.75) is 43.4 Å². The van der Waals surface area contributed by atoms with Crippen LogP contribution in [0.2, 0.25) is 0 Å². The number of aromatic nitrogens is 1. The number of fused-ring (bicyclic) bond motifs is 1. The molecule has 4 unspecified atom stereocenters. The van der Waals surface area contributed by atoms with E-state index in [1.54, 1.807) is 11.3 Å². The maximum Gasteiger partial charge on any atom is 0.235 e. The first-order valence-corrected chi connectivity index (χ1v) is 11.9. The SMILES string of the molecule is O=C1NC(N2CCOC(CO)C2)NC(N[C@@H]2CCCNC2)C1c1nc2ccccc2s1. The molecule has 0 saturated carbocycles. The number of piperidine rings is 1. The fraction of sp³-hybridized carbons (Fsp3) is 0.619. The van der Waals surface area contributed by atoms with Crippen LogP contribution in [0, 0.1) is 0 Å². The van der Waals surface area contributed by atoms with Gasteiger partial charge in [-0.3, -0.25) is 20.3 Å². The Morgan fingerprint density at radius 3 is 3.06 bits per heavy atom. The Labute approximate surface area is 185 Å². The van der Waals surface area contributed by atoms with E-state index < -0.39 is 5.92 Å². The summed E-state index contributed by atoms with van der Waals surface area (Å²) in [6, 6.07) is 8.30. The van der Waals surface area contributed by atoms with Crippen molar-refractivity contribution < 1.29 is 14.6 Å². The first kappa shape index (κ1) is 21.2. The number of nitrogens with zero attached hydrogens (tertiary/aromatic N) is 2. The predicted octanol–water partition coefficient (Wildman–Crippen LogP) is -0.256. The number of hydrogen-bond donors (Lipinski definition) is 5. The molecule has 9 nitrogen and oxygen atoms in total. The van der Waals surface area contributed by atoms with Gasteiger partial charge >= 0.3 is 0 Å². The summed E-state index contributed by atoms with van der Waals surface area (Å²) >= 11 is 1.58. The van der Waals surface area contributed by atoms with Crippen LogP contribution in [0.3, 0.4) is 0 Å². The minimum absolute atomic E-state index is 0.0269. The topological polar surface area (TPSA) is 111 Å². The summed E-state index contributed by atoms with van der Waals surface area (Å²) in [5.74, 6) is -0.443. The maximum atomic E-state index is 13.4. The van der Waals surface area contributed by atoms with Crippen molar-refractivity contribution in [1.82, 2.24) is 31.2 Å². The maximum absolute atomic E-state index is 13.4. The molecule has 31 heavy (non-hydrogen) atoms. The highest BCUT2D eigenvalue weighted by molar-refractivity contribution is 7.18. The highest BCUT2D eigenvalue weighted by Gasteiger charge is 2.42. The molecule has 0 aliphatic carbocycles. The fourth-order valence-corrected chi connectivity index (χ4v) is 5.74. The van der Waals surface area contributed by atoms with E-state index in [0.29, 0.717) is 25.7 Å². The van der Waals surface area contributed by atoms with Crippen molar-refractivity contribution in [1.29, 1.82) is 0 Å². The summed E-state index contributed by atoms with van der Waals surface area (Å²) in [6.45, 7) is 3.69. The average molecular weight is 447 g/mol. The first-order valence-electron chi connectivity index (χ1n) is 11.1. The summed E-state index contributed by atoms with van der Waals surface area (Å²) in [6.07, 6.45) is 1.41. The van der Waals surface area contributed by atoms with Gasteiger partial charge in [0.25, 0.3) is 0 Å². The number of ether oxygens (including phenoxy) is 1. The third kappa shape index (κ3) is 4.61. The minimum Gasteiger partial charge on any atom is -0.394 e. The van der Waals surface area contributed by atoms with Gasteiger partial charge in [0.2, 0.25) is 5.91 Å². The van der Waals surface area contributed by atoms with Gasteiger partial charge in [-0.25, -0.2) is 4.98 Å². The Morgan fingerprint density at radius 2 is 2.26 bits per heavy atom. The molecule has 0 bridgehead atoms. The van der Waals surface area contributed by atoms with E-state index in [9.17, 15) is 9.90 Å². The molecule has 3 fully saturated rings. The third-order valence-corrected chi connectivity index (χ3v) is 7.38. The minimum atomic E-state index is -0.412. The van der Waals surface area contributed by atoms with Gasteiger partial charge in [0.1, 0.15) is 17.2 Å². The van der Waals surface area contributed by atoms with E-state index in [4.69, 9.17) is 9.72 Å². The lowest BCUT2D eigenvalue weighted by Crippen LogP contribution is -2.72. The molecule has 10 heteroatoms. The van der Waals surface area contributed by atoms with E-state index >= 15 is 0 Å². The van der Waals surface area contributed by atoms with Crippen LogP contribution in [0.4, 0.5) is 0 Å². The van der Waals surface area contributed by atoms with Crippen LogP contribution >= 0.6 is 11.3 Å². The summed E-state index contributed by atoms with van der Waals surface area (Å²) in [7, 11) is 0. The zero-order valence-electron chi connectivity index (χ0n) is 17.4. The molecule has 1 amide bonds. The summed E-state index contributed by atoms with van der Waals surface area (Å²) < 4.78 is 6.67. The second-order valence-corrected chi connectivity index (χ2v) is 9.50. The van der Waals surface area contributed by atoms with E-state index in [1.807, 2.05) is 24.3 Å². The summed E-state index contributed by atoms with van der Waals surface area (Å²) in [5.41, 5.74) is 0.925. The number of hydrogen-bond acceptors (Lipinski definition) is 9. The second kappa shape index (κ2) is 9.45. The number of nitrogens with one attached hydrogen (secondary N) is 4. The summed E-state index contributed by atoms with van der Waals surface area (Å²) in [4.78, 5) is 20.3. The smallest absolute Gasteiger partial charge is 0.235 e. The van der Waals surface area contributed by atoms with E-state index in [1.165, 1.54) is 0 Å². The van der Waals surface area contributed by atoms with Crippen molar-refractivity contribution >= 4 is 27.5 Å². The van der Waals surface area contributed by atoms with Gasteiger partial charge in [-0.15, -0.1) is 11.3 Å². The molecule has 5 atom stereocenters. The Morgan fingerprint density at radius 1 is 1.35 bits per heavy atom. The number of carbonyl (C=O) groups excluding carboxylic acids is 1.